The molecule has 2 rings (SSSR count). The number of hydrogen-bond donors (Lipinski definition) is 1. The highest BCUT2D eigenvalue weighted by atomic mass is 35.5. The van der Waals surface area contributed by atoms with Crippen molar-refractivity contribution in [2.45, 2.75) is 6.92 Å². The second-order valence-corrected chi connectivity index (χ2v) is 4.93. The SMILES string of the molecule is Cc1cc(N)ccc1Oc1cc(Cl)c(Cl)cc1[N+](=O)[O-]. The predicted octanol–water partition coefficient (Wildman–Crippen LogP) is 4.58. The van der Waals surface area contributed by atoms with Crippen LogP contribution in [0.1, 0.15) is 5.56 Å². The molecule has 0 bridgehead atoms. The number of nitrogens with two attached hydrogens (primary N) is 1. The minimum absolute atomic E-state index is 0.0253. The molecule has 0 saturated carbocycles. The Bertz CT molecular complexity index is 690. The molecule has 0 saturated heterocycles. The van der Waals surface area contributed by atoms with E-state index >= 15 is 0 Å². The van der Waals surface area contributed by atoms with Gasteiger partial charge in [0, 0.05) is 17.8 Å². The summed E-state index contributed by atoms with van der Waals surface area (Å²) >= 11 is 11.6. The molecule has 0 spiro atoms. The maximum Gasteiger partial charge on any atom is 0.313 e. The minimum atomic E-state index is -0.579. The van der Waals surface area contributed by atoms with Gasteiger partial charge in [0.1, 0.15) is 5.75 Å². The van der Waals surface area contributed by atoms with Crippen molar-refractivity contribution in [3.05, 3.63) is 56.1 Å². The fourth-order valence-corrected chi connectivity index (χ4v) is 1.96. The van der Waals surface area contributed by atoms with E-state index < -0.39 is 4.92 Å². The summed E-state index contributed by atoms with van der Waals surface area (Å²) in [5, 5.41) is 11.3. The molecule has 2 N–H and O–H groups in total. The maximum absolute atomic E-state index is 11.0. The molecule has 7 heteroatoms. The minimum Gasteiger partial charge on any atom is -0.450 e. The van der Waals surface area contributed by atoms with Crippen molar-refractivity contribution in [3.63, 3.8) is 0 Å². The molecule has 0 fully saturated rings. The molecular weight excluding hydrogens is 303 g/mol. The molecule has 0 aliphatic carbocycles. The summed E-state index contributed by atoms with van der Waals surface area (Å²) in [7, 11) is 0. The monoisotopic (exact) mass is 312 g/mol. The number of halogens is 2. The van der Waals surface area contributed by atoms with Crippen molar-refractivity contribution in [3.8, 4) is 11.5 Å². The number of hydrogen-bond acceptors (Lipinski definition) is 4. The predicted molar refractivity (Wildman–Crippen MR) is 78.8 cm³/mol. The summed E-state index contributed by atoms with van der Waals surface area (Å²) in [4.78, 5) is 10.4. The number of nitro benzene ring substituents is 1. The van der Waals surface area contributed by atoms with Crippen LogP contribution in [0.2, 0.25) is 10.0 Å². The number of rotatable bonds is 3. The number of benzene rings is 2. The summed E-state index contributed by atoms with van der Waals surface area (Å²) < 4.78 is 5.55. The van der Waals surface area contributed by atoms with Gasteiger partial charge in [-0.3, -0.25) is 10.1 Å². The summed E-state index contributed by atoms with van der Waals surface area (Å²) in [6.07, 6.45) is 0. The lowest BCUT2D eigenvalue weighted by molar-refractivity contribution is -0.385. The highest BCUT2D eigenvalue weighted by Gasteiger charge is 2.19. The van der Waals surface area contributed by atoms with Crippen molar-refractivity contribution in [2.75, 3.05) is 5.73 Å². The van der Waals surface area contributed by atoms with E-state index in [-0.39, 0.29) is 21.5 Å². The van der Waals surface area contributed by atoms with Gasteiger partial charge in [0.2, 0.25) is 5.75 Å². The third-order valence-corrected chi connectivity index (χ3v) is 3.34. The van der Waals surface area contributed by atoms with Gasteiger partial charge in [-0.05, 0) is 30.7 Å². The van der Waals surface area contributed by atoms with Crippen molar-refractivity contribution in [1.82, 2.24) is 0 Å². The zero-order valence-electron chi connectivity index (χ0n) is 10.4. The summed E-state index contributed by atoms with van der Waals surface area (Å²) in [6, 6.07) is 7.46. The van der Waals surface area contributed by atoms with Crippen LogP contribution in [0, 0.1) is 17.0 Å². The van der Waals surface area contributed by atoms with Crippen LogP contribution in [-0.4, -0.2) is 4.92 Å². The second kappa shape index (κ2) is 5.56. The fraction of sp³-hybridized carbons (Fsp3) is 0.0769. The van der Waals surface area contributed by atoms with Gasteiger partial charge >= 0.3 is 5.69 Å². The molecule has 0 aliphatic heterocycles. The maximum atomic E-state index is 11.0. The zero-order chi connectivity index (χ0) is 14.9. The first-order valence-electron chi connectivity index (χ1n) is 5.56. The summed E-state index contributed by atoms with van der Waals surface area (Å²) in [5.41, 5.74) is 6.72. The molecule has 0 aliphatic rings. The molecule has 5 nitrogen and oxygen atoms in total. The van der Waals surface area contributed by atoms with E-state index in [9.17, 15) is 10.1 Å². The highest BCUT2D eigenvalue weighted by Crippen LogP contribution is 2.38. The Balaban J connectivity index is 2.47. The molecule has 2 aromatic carbocycles. The molecule has 0 unspecified atom stereocenters. The molecular formula is C13H10Cl2N2O3. The van der Waals surface area contributed by atoms with Gasteiger partial charge in [0.15, 0.2) is 0 Å². The number of aryl methyl sites for hydroxylation is 1. The first-order valence-corrected chi connectivity index (χ1v) is 6.31. The van der Waals surface area contributed by atoms with Crippen LogP contribution < -0.4 is 10.5 Å². The van der Waals surface area contributed by atoms with Gasteiger partial charge < -0.3 is 10.5 Å². The topological polar surface area (TPSA) is 78.4 Å². The van der Waals surface area contributed by atoms with E-state index in [4.69, 9.17) is 33.7 Å². The van der Waals surface area contributed by atoms with E-state index in [1.54, 1.807) is 25.1 Å². The average molecular weight is 313 g/mol. The van der Waals surface area contributed by atoms with Gasteiger partial charge in [-0.25, -0.2) is 0 Å². The van der Waals surface area contributed by atoms with E-state index in [0.29, 0.717) is 11.4 Å². The molecule has 0 atom stereocenters. The third kappa shape index (κ3) is 2.95. The molecule has 20 heavy (non-hydrogen) atoms. The lowest BCUT2D eigenvalue weighted by atomic mass is 10.2. The quantitative estimate of drug-likeness (QED) is 0.511. The summed E-state index contributed by atoms with van der Waals surface area (Å²) in [5.74, 6) is 0.484. The first-order chi connectivity index (χ1) is 9.38. The highest BCUT2D eigenvalue weighted by molar-refractivity contribution is 6.42. The number of ether oxygens (including phenoxy) is 1. The third-order valence-electron chi connectivity index (χ3n) is 2.62. The zero-order valence-corrected chi connectivity index (χ0v) is 11.9. The van der Waals surface area contributed by atoms with Crippen molar-refractivity contribution in [1.29, 1.82) is 0 Å². The fourth-order valence-electron chi connectivity index (χ4n) is 1.65. The summed E-state index contributed by atoms with van der Waals surface area (Å²) in [6.45, 7) is 1.79. The Kier molecular flexibility index (Phi) is 4.01. The number of nitrogen functional groups attached to an aromatic ring is 1. The molecule has 0 heterocycles. The molecule has 0 radical (unpaired) electrons. The lowest BCUT2D eigenvalue weighted by Gasteiger charge is -2.10. The van der Waals surface area contributed by atoms with Crippen LogP contribution in [0.3, 0.4) is 0 Å². The van der Waals surface area contributed by atoms with Crippen LogP contribution in [0.15, 0.2) is 30.3 Å². The van der Waals surface area contributed by atoms with Gasteiger partial charge in [0.05, 0.1) is 15.0 Å². The standard InChI is InChI=1S/C13H10Cl2N2O3/c1-7-4-8(16)2-3-12(7)20-13-6-10(15)9(14)5-11(13)17(18)19/h2-6H,16H2,1H3. The van der Waals surface area contributed by atoms with Crippen molar-refractivity contribution >= 4 is 34.6 Å². The number of nitrogens with zero attached hydrogens (tertiary/aromatic N) is 1. The van der Waals surface area contributed by atoms with Gasteiger partial charge in [-0.2, -0.15) is 0 Å². The smallest absolute Gasteiger partial charge is 0.313 e. The van der Waals surface area contributed by atoms with Gasteiger partial charge in [-0.1, -0.05) is 23.2 Å². The van der Waals surface area contributed by atoms with E-state index in [0.717, 1.165) is 11.6 Å². The van der Waals surface area contributed by atoms with Crippen LogP contribution in [-0.2, 0) is 0 Å². The van der Waals surface area contributed by atoms with Gasteiger partial charge in [0.25, 0.3) is 0 Å². The Morgan fingerprint density at radius 2 is 1.80 bits per heavy atom. The van der Waals surface area contributed by atoms with Crippen LogP contribution in [0.25, 0.3) is 0 Å². The van der Waals surface area contributed by atoms with Crippen molar-refractivity contribution < 1.29 is 9.66 Å². The Labute approximate surface area is 125 Å². The Hall–Kier alpha value is -1.98. The van der Waals surface area contributed by atoms with Crippen molar-refractivity contribution in [2.24, 2.45) is 0 Å². The van der Waals surface area contributed by atoms with Crippen LogP contribution in [0.5, 0.6) is 11.5 Å². The molecule has 0 aromatic heterocycles. The van der Waals surface area contributed by atoms with E-state index in [2.05, 4.69) is 0 Å². The first kappa shape index (κ1) is 14.4. The molecule has 2 aromatic rings. The van der Waals surface area contributed by atoms with E-state index in [1.807, 2.05) is 0 Å². The van der Waals surface area contributed by atoms with Gasteiger partial charge in [-0.15, -0.1) is 0 Å². The number of nitro groups is 1. The molecule has 104 valence electrons. The average Bonchev–Trinajstić information content (AvgIpc) is 2.36. The normalized spacial score (nSPS) is 10.3. The Morgan fingerprint density at radius 1 is 1.15 bits per heavy atom. The largest absolute Gasteiger partial charge is 0.450 e. The Morgan fingerprint density at radius 3 is 2.40 bits per heavy atom. The van der Waals surface area contributed by atoms with Crippen LogP contribution in [0.4, 0.5) is 11.4 Å². The molecule has 0 amide bonds. The second-order valence-electron chi connectivity index (χ2n) is 4.12. The number of anilines is 1. The van der Waals surface area contributed by atoms with E-state index in [1.165, 1.54) is 6.07 Å². The lowest BCUT2D eigenvalue weighted by Crippen LogP contribution is -1.96. The van der Waals surface area contributed by atoms with Crippen LogP contribution >= 0.6 is 23.2 Å².